The Hall–Kier alpha value is -1.29. The molecule has 4 heteroatoms. The van der Waals surface area contributed by atoms with Crippen LogP contribution in [0.2, 0.25) is 0 Å². The maximum atomic E-state index is 9.08. The van der Waals surface area contributed by atoms with Crippen LogP contribution >= 0.6 is 0 Å². The molecule has 0 spiro atoms. The van der Waals surface area contributed by atoms with Gasteiger partial charge in [-0.25, -0.2) is 4.98 Å². The maximum absolute atomic E-state index is 9.08. The van der Waals surface area contributed by atoms with Gasteiger partial charge in [-0.3, -0.25) is 0 Å². The highest BCUT2D eigenvalue weighted by atomic mass is 16.3. The second kappa shape index (κ2) is 6.45. The zero-order chi connectivity index (χ0) is 12.7. The molecule has 0 amide bonds. The van der Waals surface area contributed by atoms with Gasteiger partial charge in [-0.15, -0.1) is 0 Å². The second-order valence-electron chi connectivity index (χ2n) is 4.45. The summed E-state index contributed by atoms with van der Waals surface area (Å²) in [7, 11) is 0. The molecule has 1 rings (SSSR count). The van der Waals surface area contributed by atoms with E-state index in [2.05, 4.69) is 29.5 Å². The van der Waals surface area contributed by atoms with Crippen LogP contribution in [0.25, 0.3) is 0 Å². The molecular weight excluding hydrogens is 214 g/mol. The molecule has 17 heavy (non-hydrogen) atoms. The fraction of sp³-hybridized carbons (Fsp3) is 0.615. The zero-order valence-electron chi connectivity index (χ0n) is 11.0. The van der Waals surface area contributed by atoms with Gasteiger partial charge in [0.25, 0.3) is 0 Å². The molecule has 96 valence electrons. The number of nitrogens with zero attached hydrogens (tertiary/aromatic N) is 1. The number of aliphatic hydroxyl groups is 1. The van der Waals surface area contributed by atoms with E-state index >= 15 is 0 Å². The van der Waals surface area contributed by atoms with Gasteiger partial charge in [0.05, 0.1) is 0 Å². The van der Waals surface area contributed by atoms with E-state index in [1.807, 2.05) is 25.1 Å². The molecule has 0 aliphatic rings. The Morgan fingerprint density at radius 3 is 2.59 bits per heavy atom. The minimum Gasteiger partial charge on any atom is -0.396 e. The molecule has 0 saturated heterocycles. The summed E-state index contributed by atoms with van der Waals surface area (Å²) in [5, 5.41) is 15.7. The lowest BCUT2D eigenvalue weighted by molar-refractivity contribution is 0.252. The summed E-state index contributed by atoms with van der Waals surface area (Å²) in [6.07, 6.45) is 1.66. The quantitative estimate of drug-likeness (QED) is 0.682. The number of hydrogen-bond acceptors (Lipinski definition) is 4. The van der Waals surface area contributed by atoms with E-state index in [4.69, 9.17) is 5.11 Å². The number of aromatic nitrogens is 1. The normalized spacial score (nSPS) is 14.1. The van der Waals surface area contributed by atoms with Crippen LogP contribution in [0.4, 0.5) is 11.6 Å². The van der Waals surface area contributed by atoms with Crippen LogP contribution in [0.5, 0.6) is 0 Å². The molecule has 3 N–H and O–H groups in total. The first-order chi connectivity index (χ1) is 8.13. The van der Waals surface area contributed by atoms with Crippen LogP contribution in [-0.4, -0.2) is 28.8 Å². The van der Waals surface area contributed by atoms with Gasteiger partial charge in [0, 0.05) is 18.7 Å². The Kier molecular flexibility index (Phi) is 5.22. The summed E-state index contributed by atoms with van der Waals surface area (Å²) in [6.45, 7) is 7.30. The highest BCUT2D eigenvalue weighted by molar-refractivity contribution is 5.46. The van der Waals surface area contributed by atoms with Crippen molar-refractivity contribution in [1.29, 1.82) is 0 Å². The topological polar surface area (TPSA) is 57.2 Å². The Balaban J connectivity index is 2.75. The predicted molar refractivity (Wildman–Crippen MR) is 72.4 cm³/mol. The molecule has 0 bridgehead atoms. The Morgan fingerprint density at radius 2 is 2.00 bits per heavy atom. The van der Waals surface area contributed by atoms with Gasteiger partial charge in [0.1, 0.15) is 11.6 Å². The van der Waals surface area contributed by atoms with Crippen LogP contribution in [-0.2, 0) is 0 Å². The van der Waals surface area contributed by atoms with Crippen LogP contribution in [0, 0.1) is 0 Å². The van der Waals surface area contributed by atoms with Gasteiger partial charge in [-0.1, -0.05) is 13.0 Å². The molecule has 1 atom stereocenters. The summed E-state index contributed by atoms with van der Waals surface area (Å²) in [5.41, 5.74) is -0.105. The Morgan fingerprint density at radius 1 is 1.29 bits per heavy atom. The van der Waals surface area contributed by atoms with E-state index in [1.165, 1.54) is 0 Å². The van der Waals surface area contributed by atoms with E-state index in [0.717, 1.165) is 31.0 Å². The molecular formula is C13H23N3O. The predicted octanol–water partition coefficient (Wildman–Crippen LogP) is 2.48. The van der Waals surface area contributed by atoms with Crippen molar-refractivity contribution >= 4 is 11.6 Å². The molecule has 0 aliphatic heterocycles. The molecule has 1 aromatic rings. The van der Waals surface area contributed by atoms with Crippen molar-refractivity contribution in [1.82, 2.24) is 4.98 Å². The van der Waals surface area contributed by atoms with E-state index < -0.39 is 0 Å². The average Bonchev–Trinajstić information content (AvgIpc) is 2.30. The van der Waals surface area contributed by atoms with E-state index in [9.17, 15) is 0 Å². The zero-order valence-corrected chi connectivity index (χ0v) is 11.0. The van der Waals surface area contributed by atoms with Crippen molar-refractivity contribution < 1.29 is 5.11 Å². The lowest BCUT2D eigenvalue weighted by Gasteiger charge is -2.29. The van der Waals surface area contributed by atoms with Gasteiger partial charge >= 0.3 is 0 Å². The van der Waals surface area contributed by atoms with E-state index in [-0.39, 0.29) is 12.1 Å². The smallest absolute Gasteiger partial charge is 0.128 e. The fourth-order valence-electron chi connectivity index (χ4n) is 1.67. The van der Waals surface area contributed by atoms with Gasteiger partial charge in [0.15, 0.2) is 0 Å². The fourth-order valence-corrected chi connectivity index (χ4v) is 1.67. The van der Waals surface area contributed by atoms with Crippen LogP contribution < -0.4 is 10.6 Å². The molecule has 0 aromatic carbocycles. The van der Waals surface area contributed by atoms with Crippen LogP contribution in [0.15, 0.2) is 18.2 Å². The maximum Gasteiger partial charge on any atom is 0.128 e. The summed E-state index contributed by atoms with van der Waals surface area (Å²) in [5.74, 6) is 1.72. The van der Waals surface area contributed by atoms with Crippen molar-refractivity contribution in [3.63, 3.8) is 0 Å². The average molecular weight is 237 g/mol. The third kappa shape index (κ3) is 4.23. The Bertz CT molecular complexity index is 343. The van der Waals surface area contributed by atoms with Crippen molar-refractivity contribution in [3.05, 3.63) is 18.2 Å². The molecule has 1 heterocycles. The molecule has 0 radical (unpaired) electrons. The van der Waals surface area contributed by atoms with Gasteiger partial charge in [-0.05, 0) is 38.8 Å². The van der Waals surface area contributed by atoms with Crippen molar-refractivity contribution in [2.24, 2.45) is 0 Å². The monoisotopic (exact) mass is 237 g/mol. The van der Waals surface area contributed by atoms with Crippen LogP contribution in [0.1, 0.15) is 33.6 Å². The number of pyridine rings is 1. The third-order valence-corrected chi connectivity index (χ3v) is 2.98. The van der Waals surface area contributed by atoms with Gasteiger partial charge in [0.2, 0.25) is 0 Å². The number of nitrogens with one attached hydrogen (secondary N) is 2. The number of rotatable bonds is 7. The molecule has 0 fully saturated rings. The largest absolute Gasteiger partial charge is 0.396 e. The van der Waals surface area contributed by atoms with Gasteiger partial charge < -0.3 is 15.7 Å². The SMILES string of the molecule is CCNc1cccc(NC(C)(CC)CCO)n1. The summed E-state index contributed by atoms with van der Waals surface area (Å²) in [4.78, 5) is 4.47. The van der Waals surface area contributed by atoms with Crippen LogP contribution in [0.3, 0.4) is 0 Å². The highest BCUT2D eigenvalue weighted by Crippen LogP contribution is 2.21. The van der Waals surface area contributed by atoms with Gasteiger partial charge in [-0.2, -0.15) is 0 Å². The Labute approximate surface area is 103 Å². The van der Waals surface area contributed by atoms with Crippen molar-refractivity contribution in [2.75, 3.05) is 23.8 Å². The minimum atomic E-state index is -0.105. The summed E-state index contributed by atoms with van der Waals surface area (Å²) >= 11 is 0. The molecule has 0 saturated carbocycles. The minimum absolute atomic E-state index is 0.105. The lowest BCUT2D eigenvalue weighted by Crippen LogP contribution is -2.35. The molecule has 4 nitrogen and oxygen atoms in total. The first-order valence-electron chi connectivity index (χ1n) is 6.23. The standard InChI is InChI=1S/C13H23N3O/c1-4-13(3,9-10-17)16-12-8-6-7-11(15-12)14-5-2/h6-8,17H,4-5,9-10H2,1-3H3,(H2,14,15,16). The second-order valence-corrected chi connectivity index (χ2v) is 4.45. The van der Waals surface area contributed by atoms with Crippen molar-refractivity contribution in [3.8, 4) is 0 Å². The van der Waals surface area contributed by atoms with E-state index in [0.29, 0.717) is 0 Å². The lowest BCUT2D eigenvalue weighted by atomic mass is 9.95. The van der Waals surface area contributed by atoms with Crippen molar-refractivity contribution in [2.45, 2.75) is 39.2 Å². The number of hydrogen-bond donors (Lipinski definition) is 3. The first kappa shape index (κ1) is 13.8. The number of aliphatic hydroxyl groups excluding tert-OH is 1. The van der Waals surface area contributed by atoms with E-state index in [1.54, 1.807) is 0 Å². The highest BCUT2D eigenvalue weighted by Gasteiger charge is 2.21. The number of anilines is 2. The summed E-state index contributed by atoms with van der Waals surface area (Å²) in [6, 6.07) is 5.87. The molecule has 0 aliphatic carbocycles. The molecule has 1 aromatic heterocycles. The summed E-state index contributed by atoms with van der Waals surface area (Å²) < 4.78 is 0. The third-order valence-electron chi connectivity index (χ3n) is 2.98. The molecule has 1 unspecified atom stereocenters. The first-order valence-corrected chi connectivity index (χ1v) is 6.23.